The predicted octanol–water partition coefficient (Wildman–Crippen LogP) is 6.47. The highest BCUT2D eigenvalue weighted by Gasteiger charge is 2.06. The first-order chi connectivity index (χ1) is 13.7. The van der Waals surface area contributed by atoms with Crippen molar-refractivity contribution in [2.75, 3.05) is 11.9 Å². The zero-order valence-corrected chi connectivity index (χ0v) is 18.0. The molecule has 1 rings (SSSR count). The first-order valence-electron chi connectivity index (χ1n) is 11.4. The van der Waals surface area contributed by atoms with Crippen molar-refractivity contribution in [1.82, 2.24) is 5.32 Å². The minimum atomic E-state index is -0.0419. The van der Waals surface area contributed by atoms with Crippen molar-refractivity contribution in [3.05, 3.63) is 29.8 Å². The summed E-state index contributed by atoms with van der Waals surface area (Å²) in [6.07, 6.45) is 14.9. The fourth-order valence-corrected chi connectivity index (χ4v) is 3.20. The lowest BCUT2D eigenvalue weighted by atomic mass is 10.1. The van der Waals surface area contributed by atoms with Crippen LogP contribution in [0.4, 0.5) is 5.69 Å². The number of hydrogen-bond acceptors (Lipinski definition) is 2. The van der Waals surface area contributed by atoms with Gasteiger partial charge in [-0.2, -0.15) is 0 Å². The summed E-state index contributed by atoms with van der Waals surface area (Å²) in [7, 11) is 0. The van der Waals surface area contributed by atoms with Crippen LogP contribution in [0.5, 0.6) is 0 Å². The first-order valence-corrected chi connectivity index (χ1v) is 11.4. The van der Waals surface area contributed by atoms with Crippen LogP contribution in [0.2, 0.25) is 0 Å². The van der Waals surface area contributed by atoms with Crippen molar-refractivity contribution < 1.29 is 9.59 Å². The van der Waals surface area contributed by atoms with Gasteiger partial charge in [-0.05, 0) is 37.1 Å². The molecule has 2 amide bonds. The lowest BCUT2D eigenvalue weighted by Gasteiger charge is -2.08. The Labute approximate surface area is 171 Å². The van der Waals surface area contributed by atoms with Crippen LogP contribution in [0.1, 0.15) is 108 Å². The highest BCUT2D eigenvalue weighted by Crippen LogP contribution is 2.12. The molecule has 0 spiro atoms. The molecule has 0 fully saturated rings. The van der Waals surface area contributed by atoms with E-state index in [1.165, 1.54) is 57.8 Å². The van der Waals surface area contributed by atoms with Gasteiger partial charge in [0, 0.05) is 24.2 Å². The summed E-state index contributed by atoms with van der Waals surface area (Å²) in [4.78, 5) is 24.1. The molecule has 0 aromatic heterocycles. The van der Waals surface area contributed by atoms with Crippen LogP contribution in [0.15, 0.2) is 24.3 Å². The number of hydrogen-bond donors (Lipinski definition) is 2. The Balaban J connectivity index is 2.18. The van der Waals surface area contributed by atoms with Gasteiger partial charge in [-0.15, -0.1) is 0 Å². The Morgan fingerprint density at radius 2 is 1.25 bits per heavy atom. The molecule has 1 aromatic rings. The van der Waals surface area contributed by atoms with E-state index in [2.05, 4.69) is 24.5 Å². The normalized spacial score (nSPS) is 10.6. The number of carbonyl (C=O) groups excluding carboxylic acids is 2. The third-order valence-corrected chi connectivity index (χ3v) is 5.00. The smallest absolute Gasteiger partial charge is 0.251 e. The van der Waals surface area contributed by atoms with Crippen molar-refractivity contribution in [2.45, 2.75) is 97.3 Å². The number of anilines is 1. The minimum Gasteiger partial charge on any atom is -0.352 e. The third-order valence-electron chi connectivity index (χ3n) is 5.00. The van der Waals surface area contributed by atoms with Gasteiger partial charge in [0.2, 0.25) is 5.91 Å². The van der Waals surface area contributed by atoms with Crippen molar-refractivity contribution in [3.8, 4) is 0 Å². The Morgan fingerprint density at radius 1 is 0.714 bits per heavy atom. The maximum Gasteiger partial charge on any atom is 0.251 e. The average molecular weight is 389 g/mol. The Kier molecular flexibility index (Phi) is 14.0. The summed E-state index contributed by atoms with van der Waals surface area (Å²) >= 11 is 0. The van der Waals surface area contributed by atoms with Crippen molar-refractivity contribution in [1.29, 1.82) is 0 Å². The van der Waals surface area contributed by atoms with Gasteiger partial charge in [-0.25, -0.2) is 0 Å². The predicted molar refractivity (Wildman–Crippen MR) is 119 cm³/mol. The second-order valence-corrected chi connectivity index (χ2v) is 7.67. The number of unbranched alkanes of at least 4 members (excludes halogenated alkanes) is 10. The first kappa shape index (κ1) is 24.2. The van der Waals surface area contributed by atoms with Gasteiger partial charge in [0.1, 0.15) is 0 Å². The molecule has 0 aliphatic heterocycles. The molecular formula is C24H40N2O2. The summed E-state index contributed by atoms with van der Waals surface area (Å²) in [5.74, 6) is 0.00687. The Bertz CT molecular complexity index is 540. The maximum absolute atomic E-state index is 12.2. The quantitative estimate of drug-likeness (QED) is 0.319. The van der Waals surface area contributed by atoms with Crippen molar-refractivity contribution in [3.63, 3.8) is 0 Å². The Hall–Kier alpha value is -1.84. The van der Waals surface area contributed by atoms with Crippen LogP contribution < -0.4 is 10.6 Å². The van der Waals surface area contributed by atoms with Crippen LogP contribution in [-0.4, -0.2) is 18.4 Å². The molecule has 0 saturated heterocycles. The molecule has 2 N–H and O–H groups in total. The number of nitrogens with one attached hydrogen (secondary N) is 2. The van der Waals surface area contributed by atoms with E-state index in [0.717, 1.165) is 31.5 Å². The van der Waals surface area contributed by atoms with E-state index in [4.69, 9.17) is 0 Å². The highest BCUT2D eigenvalue weighted by atomic mass is 16.2. The number of benzene rings is 1. The largest absolute Gasteiger partial charge is 0.352 e. The number of rotatable bonds is 16. The van der Waals surface area contributed by atoms with Crippen molar-refractivity contribution >= 4 is 17.5 Å². The van der Waals surface area contributed by atoms with Crippen LogP contribution in [0.3, 0.4) is 0 Å². The second kappa shape index (κ2) is 16.1. The molecule has 0 heterocycles. The molecule has 0 atom stereocenters. The number of amides is 2. The molecule has 0 aliphatic rings. The lowest BCUT2D eigenvalue weighted by Crippen LogP contribution is -2.24. The SMILES string of the molecule is CCCCCCCCCNC(=O)c1ccc(NC(=O)CCCCCCC)cc1. The van der Waals surface area contributed by atoms with Crippen LogP contribution >= 0.6 is 0 Å². The molecule has 28 heavy (non-hydrogen) atoms. The molecule has 4 nitrogen and oxygen atoms in total. The average Bonchev–Trinajstić information content (AvgIpc) is 2.70. The summed E-state index contributed by atoms with van der Waals surface area (Å²) in [6.45, 7) is 5.14. The zero-order chi connectivity index (χ0) is 20.5. The summed E-state index contributed by atoms with van der Waals surface area (Å²) in [5.41, 5.74) is 1.39. The van der Waals surface area contributed by atoms with Gasteiger partial charge in [0.25, 0.3) is 5.91 Å². The molecule has 0 aliphatic carbocycles. The van der Waals surface area contributed by atoms with E-state index in [1.54, 1.807) is 24.3 Å². The lowest BCUT2D eigenvalue weighted by molar-refractivity contribution is -0.116. The monoisotopic (exact) mass is 388 g/mol. The van der Waals surface area contributed by atoms with Gasteiger partial charge in [-0.3, -0.25) is 9.59 Å². The fraction of sp³-hybridized carbons (Fsp3) is 0.667. The van der Waals surface area contributed by atoms with Crippen LogP contribution in [0, 0.1) is 0 Å². The standard InChI is InChI=1S/C24H40N2O2/c1-3-5-7-9-10-12-14-20-25-24(28)21-16-18-22(19-17-21)26-23(27)15-13-11-8-6-4-2/h16-19H,3-15,20H2,1-2H3,(H,25,28)(H,26,27). The molecule has 1 aromatic carbocycles. The van der Waals surface area contributed by atoms with Gasteiger partial charge < -0.3 is 10.6 Å². The van der Waals surface area contributed by atoms with E-state index < -0.39 is 0 Å². The molecule has 0 bridgehead atoms. The molecule has 4 heteroatoms. The van der Waals surface area contributed by atoms with Crippen LogP contribution in [-0.2, 0) is 4.79 Å². The van der Waals surface area contributed by atoms with E-state index >= 15 is 0 Å². The van der Waals surface area contributed by atoms with E-state index in [-0.39, 0.29) is 11.8 Å². The molecule has 0 saturated carbocycles. The van der Waals surface area contributed by atoms with Crippen LogP contribution in [0.25, 0.3) is 0 Å². The maximum atomic E-state index is 12.2. The number of carbonyl (C=O) groups is 2. The molecule has 158 valence electrons. The molecule has 0 unspecified atom stereocenters. The minimum absolute atomic E-state index is 0.0419. The second-order valence-electron chi connectivity index (χ2n) is 7.67. The third kappa shape index (κ3) is 11.8. The van der Waals surface area contributed by atoms with E-state index in [9.17, 15) is 9.59 Å². The van der Waals surface area contributed by atoms with Gasteiger partial charge in [0.15, 0.2) is 0 Å². The highest BCUT2D eigenvalue weighted by molar-refractivity contribution is 5.95. The summed E-state index contributed by atoms with van der Waals surface area (Å²) < 4.78 is 0. The van der Waals surface area contributed by atoms with Gasteiger partial charge >= 0.3 is 0 Å². The van der Waals surface area contributed by atoms with Gasteiger partial charge in [-0.1, -0.05) is 78.1 Å². The summed E-state index contributed by atoms with van der Waals surface area (Å²) in [5, 5.41) is 5.89. The molecule has 0 radical (unpaired) electrons. The topological polar surface area (TPSA) is 58.2 Å². The van der Waals surface area contributed by atoms with E-state index in [1.807, 2.05) is 0 Å². The fourth-order valence-electron chi connectivity index (χ4n) is 3.20. The zero-order valence-electron chi connectivity index (χ0n) is 18.0. The Morgan fingerprint density at radius 3 is 1.86 bits per heavy atom. The van der Waals surface area contributed by atoms with Crippen molar-refractivity contribution in [2.24, 2.45) is 0 Å². The summed E-state index contributed by atoms with van der Waals surface area (Å²) in [6, 6.07) is 7.16. The molecular weight excluding hydrogens is 348 g/mol. The van der Waals surface area contributed by atoms with Gasteiger partial charge in [0.05, 0.1) is 0 Å². The van der Waals surface area contributed by atoms with E-state index in [0.29, 0.717) is 12.0 Å².